The predicted octanol–water partition coefficient (Wildman–Crippen LogP) is 4.84. The van der Waals surface area contributed by atoms with Crippen LogP contribution in [0.3, 0.4) is 0 Å². The van der Waals surface area contributed by atoms with Gasteiger partial charge in [-0.15, -0.1) is 0 Å². The number of nitrogens with zero attached hydrogens (tertiary/aromatic N) is 1. The van der Waals surface area contributed by atoms with Gasteiger partial charge in [0, 0.05) is 21.5 Å². The molecule has 3 rings (SSSR count). The summed E-state index contributed by atoms with van der Waals surface area (Å²) in [6.07, 6.45) is 7.16. The number of halogens is 1. The molecule has 2 radical (unpaired) electrons. The van der Waals surface area contributed by atoms with Crippen LogP contribution in [0, 0.1) is 0 Å². The average molecular weight is 338 g/mol. The second-order valence-electron chi connectivity index (χ2n) is 5.35. The van der Waals surface area contributed by atoms with Crippen molar-refractivity contribution in [2.24, 2.45) is 0 Å². The Morgan fingerprint density at radius 3 is 2.43 bits per heavy atom. The van der Waals surface area contributed by atoms with Gasteiger partial charge in [0.15, 0.2) is 0 Å². The molecule has 0 amide bonds. The Morgan fingerprint density at radius 1 is 0.952 bits per heavy atom. The van der Waals surface area contributed by atoms with E-state index < -0.39 is 0 Å². The van der Waals surface area contributed by atoms with Crippen molar-refractivity contribution in [1.82, 2.24) is 0 Å². The van der Waals surface area contributed by atoms with E-state index in [2.05, 4.69) is 57.2 Å². The second-order valence-corrected chi connectivity index (χ2v) is 6.27. The van der Waals surface area contributed by atoms with Gasteiger partial charge in [0.2, 0.25) is 0 Å². The third-order valence-corrected chi connectivity index (χ3v) is 4.19. The standard InChI is InChI=1S/C18H17BBrN/c19-14-11-15(20)13-18(12-14)21(16-7-3-1-4-8-16)17-9-5-2-6-10-17/h1,3-4,7-9,11-13H,2,5-6,10H2. The lowest BCUT2D eigenvalue weighted by Crippen LogP contribution is -2.19. The van der Waals surface area contributed by atoms with Gasteiger partial charge in [0.25, 0.3) is 0 Å². The maximum absolute atomic E-state index is 6.03. The highest BCUT2D eigenvalue weighted by Gasteiger charge is 2.16. The Morgan fingerprint density at radius 2 is 1.76 bits per heavy atom. The van der Waals surface area contributed by atoms with Crippen LogP contribution >= 0.6 is 15.9 Å². The first kappa shape index (κ1) is 14.5. The summed E-state index contributed by atoms with van der Waals surface area (Å²) in [5, 5.41) is 0. The summed E-state index contributed by atoms with van der Waals surface area (Å²) >= 11 is 3.55. The molecule has 0 bridgehead atoms. The van der Waals surface area contributed by atoms with Crippen LogP contribution in [0.15, 0.2) is 64.8 Å². The van der Waals surface area contributed by atoms with Gasteiger partial charge < -0.3 is 4.90 Å². The van der Waals surface area contributed by atoms with E-state index in [9.17, 15) is 0 Å². The van der Waals surface area contributed by atoms with Gasteiger partial charge in [0.05, 0.1) is 0 Å². The molecule has 2 aromatic carbocycles. The molecule has 0 aromatic heterocycles. The molecule has 21 heavy (non-hydrogen) atoms. The molecule has 3 heteroatoms. The highest BCUT2D eigenvalue weighted by molar-refractivity contribution is 9.10. The third kappa shape index (κ3) is 3.41. The molecule has 1 aliphatic carbocycles. The van der Waals surface area contributed by atoms with E-state index in [0.717, 1.165) is 28.5 Å². The topological polar surface area (TPSA) is 3.24 Å². The molecule has 0 heterocycles. The second kappa shape index (κ2) is 6.53. The average Bonchev–Trinajstić information content (AvgIpc) is 2.49. The quantitative estimate of drug-likeness (QED) is 0.724. The fourth-order valence-electron chi connectivity index (χ4n) is 2.81. The first-order valence-corrected chi connectivity index (χ1v) is 8.13. The van der Waals surface area contributed by atoms with Crippen molar-refractivity contribution in [1.29, 1.82) is 0 Å². The molecular formula is C18H17BBrN. The number of hydrogen-bond acceptors (Lipinski definition) is 1. The zero-order valence-corrected chi connectivity index (χ0v) is 13.5. The molecule has 2 aromatic rings. The summed E-state index contributed by atoms with van der Waals surface area (Å²) in [7, 11) is 6.03. The Balaban J connectivity index is 2.09. The highest BCUT2D eigenvalue weighted by atomic mass is 79.9. The zero-order valence-electron chi connectivity index (χ0n) is 11.9. The van der Waals surface area contributed by atoms with Crippen LogP contribution in [0.1, 0.15) is 25.7 Å². The van der Waals surface area contributed by atoms with Gasteiger partial charge >= 0.3 is 0 Å². The SMILES string of the molecule is [B]c1cc(Br)cc(N(C2=CCCCC2)c2ccccc2)c1. The minimum Gasteiger partial charge on any atom is -0.315 e. The van der Waals surface area contributed by atoms with E-state index in [-0.39, 0.29) is 0 Å². The van der Waals surface area contributed by atoms with Crippen molar-refractivity contribution >= 4 is 40.6 Å². The minimum absolute atomic E-state index is 0.775. The molecule has 0 saturated carbocycles. The molecule has 1 nitrogen and oxygen atoms in total. The van der Waals surface area contributed by atoms with Crippen LogP contribution in [-0.2, 0) is 0 Å². The minimum atomic E-state index is 0.775. The smallest absolute Gasteiger partial charge is 0.113 e. The van der Waals surface area contributed by atoms with Gasteiger partial charge in [-0.1, -0.05) is 51.7 Å². The van der Waals surface area contributed by atoms with Crippen LogP contribution in [0.2, 0.25) is 0 Å². The molecule has 104 valence electrons. The monoisotopic (exact) mass is 337 g/mol. The van der Waals surface area contributed by atoms with E-state index in [1.807, 2.05) is 18.2 Å². The van der Waals surface area contributed by atoms with Gasteiger partial charge in [-0.25, -0.2) is 0 Å². The van der Waals surface area contributed by atoms with Crippen LogP contribution in [0.5, 0.6) is 0 Å². The Kier molecular flexibility index (Phi) is 4.49. The highest BCUT2D eigenvalue weighted by Crippen LogP contribution is 2.34. The van der Waals surface area contributed by atoms with Gasteiger partial charge in [-0.3, -0.25) is 0 Å². The molecule has 0 saturated heterocycles. The van der Waals surface area contributed by atoms with Crippen molar-refractivity contribution in [3.63, 3.8) is 0 Å². The number of benzene rings is 2. The van der Waals surface area contributed by atoms with Crippen LogP contribution in [0.4, 0.5) is 11.4 Å². The maximum atomic E-state index is 6.03. The molecule has 0 aliphatic heterocycles. The Hall–Kier alpha value is -1.48. The van der Waals surface area contributed by atoms with Crippen LogP contribution in [0.25, 0.3) is 0 Å². The van der Waals surface area contributed by atoms with Gasteiger partial charge in [-0.05, 0) is 49.9 Å². The van der Waals surface area contributed by atoms with E-state index in [1.165, 1.54) is 24.2 Å². The normalized spacial score (nSPS) is 14.6. The number of anilines is 2. The summed E-state index contributed by atoms with van der Waals surface area (Å²) in [5.41, 5.74) is 4.44. The first-order valence-electron chi connectivity index (χ1n) is 7.34. The largest absolute Gasteiger partial charge is 0.315 e. The van der Waals surface area contributed by atoms with E-state index >= 15 is 0 Å². The summed E-state index contributed by atoms with van der Waals surface area (Å²) in [4.78, 5) is 2.32. The lowest BCUT2D eigenvalue weighted by atomic mass is 9.95. The molecule has 0 fully saturated rings. The van der Waals surface area contributed by atoms with Gasteiger partial charge in [0.1, 0.15) is 7.85 Å². The van der Waals surface area contributed by atoms with Gasteiger partial charge in [-0.2, -0.15) is 0 Å². The third-order valence-electron chi connectivity index (χ3n) is 3.73. The fourth-order valence-corrected chi connectivity index (χ4v) is 3.31. The maximum Gasteiger partial charge on any atom is 0.113 e. The van der Waals surface area contributed by atoms with E-state index in [1.54, 1.807) is 0 Å². The summed E-state index contributed by atoms with van der Waals surface area (Å²) < 4.78 is 1.01. The molecule has 0 atom stereocenters. The molecule has 0 unspecified atom stereocenters. The van der Waals surface area contributed by atoms with Crippen LogP contribution in [-0.4, -0.2) is 7.85 Å². The van der Waals surface area contributed by atoms with Crippen molar-refractivity contribution in [2.45, 2.75) is 25.7 Å². The molecule has 0 spiro atoms. The summed E-state index contributed by atoms with van der Waals surface area (Å²) in [6, 6.07) is 16.6. The summed E-state index contributed by atoms with van der Waals surface area (Å²) in [5.74, 6) is 0. The van der Waals surface area contributed by atoms with Crippen molar-refractivity contribution < 1.29 is 0 Å². The van der Waals surface area contributed by atoms with E-state index in [0.29, 0.717) is 0 Å². The first-order chi connectivity index (χ1) is 10.2. The predicted molar refractivity (Wildman–Crippen MR) is 94.7 cm³/mol. The molecule has 0 N–H and O–H groups in total. The zero-order chi connectivity index (χ0) is 14.7. The number of para-hydroxylation sites is 1. The Bertz CT molecular complexity index is 631. The number of hydrogen-bond donors (Lipinski definition) is 0. The van der Waals surface area contributed by atoms with E-state index in [4.69, 9.17) is 7.85 Å². The number of allylic oxidation sites excluding steroid dienone is 2. The van der Waals surface area contributed by atoms with Crippen molar-refractivity contribution in [2.75, 3.05) is 4.90 Å². The van der Waals surface area contributed by atoms with Crippen LogP contribution < -0.4 is 10.4 Å². The molecule has 1 aliphatic rings. The summed E-state index contributed by atoms with van der Waals surface area (Å²) in [6.45, 7) is 0. The molecular weight excluding hydrogens is 321 g/mol. The van der Waals surface area contributed by atoms with Crippen molar-refractivity contribution in [3.8, 4) is 0 Å². The fraction of sp³-hybridized carbons (Fsp3) is 0.222. The lowest BCUT2D eigenvalue weighted by molar-refractivity contribution is 0.691. The Labute approximate surface area is 136 Å². The lowest BCUT2D eigenvalue weighted by Gasteiger charge is -2.30. The van der Waals surface area contributed by atoms with Crippen molar-refractivity contribution in [3.05, 3.63) is 64.8 Å². The number of rotatable bonds is 3.